The molecule has 9 heteroatoms. The van der Waals surface area contributed by atoms with Crippen molar-refractivity contribution < 1.29 is 14.0 Å². The number of anilines is 2. The number of thiazole rings is 1. The van der Waals surface area contributed by atoms with E-state index in [9.17, 15) is 14.0 Å². The maximum atomic E-state index is 14.0. The summed E-state index contributed by atoms with van der Waals surface area (Å²) in [5.41, 5.74) is 3.18. The van der Waals surface area contributed by atoms with Crippen LogP contribution in [0, 0.1) is 5.82 Å². The fourth-order valence-corrected chi connectivity index (χ4v) is 3.15. The summed E-state index contributed by atoms with van der Waals surface area (Å²) in [5.74, 6) is -1.55. The van der Waals surface area contributed by atoms with Gasteiger partial charge in [-0.3, -0.25) is 14.6 Å². The molecule has 0 bridgehead atoms. The molecule has 0 saturated heterocycles. The molecule has 0 aliphatic rings. The van der Waals surface area contributed by atoms with Crippen molar-refractivity contribution in [3.8, 4) is 5.69 Å². The van der Waals surface area contributed by atoms with Crippen LogP contribution in [0.15, 0.2) is 72.6 Å². The summed E-state index contributed by atoms with van der Waals surface area (Å²) in [6.07, 6.45) is 4.90. The fraction of sp³-hybridized carbons (Fsp3) is 0. The Labute approximate surface area is 168 Å². The summed E-state index contributed by atoms with van der Waals surface area (Å²) in [6.45, 7) is 0. The van der Waals surface area contributed by atoms with E-state index in [2.05, 4.69) is 20.7 Å². The fourth-order valence-electron chi connectivity index (χ4n) is 2.64. The summed E-state index contributed by atoms with van der Waals surface area (Å²) >= 11 is 1.16. The number of rotatable bonds is 5. The summed E-state index contributed by atoms with van der Waals surface area (Å²) in [7, 11) is 0. The number of carbonyl (C=O) groups excluding carboxylic acids is 2. The van der Waals surface area contributed by atoms with Crippen molar-refractivity contribution in [2.45, 2.75) is 0 Å². The molecule has 0 radical (unpaired) electrons. The first-order valence-corrected chi connectivity index (χ1v) is 9.38. The van der Waals surface area contributed by atoms with E-state index in [-0.39, 0.29) is 11.3 Å². The number of nitrogens with one attached hydrogen (secondary N) is 2. The Kier molecular flexibility index (Phi) is 5.12. The molecule has 0 fully saturated rings. The van der Waals surface area contributed by atoms with Gasteiger partial charge in [0, 0.05) is 29.3 Å². The highest BCUT2D eigenvalue weighted by Crippen LogP contribution is 2.19. The van der Waals surface area contributed by atoms with Gasteiger partial charge in [-0.2, -0.15) is 5.10 Å². The van der Waals surface area contributed by atoms with Crippen LogP contribution in [0.3, 0.4) is 0 Å². The number of amides is 2. The number of halogens is 1. The molecule has 2 aromatic heterocycles. The van der Waals surface area contributed by atoms with E-state index in [1.807, 2.05) is 12.3 Å². The van der Waals surface area contributed by atoms with Gasteiger partial charge in [0.05, 0.1) is 17.4 Å². The van der Waals surface area contributed by atoms with Gasteiger partial charge in [0.25, 0.3) is 11.8 Å². The summed E-state index contributed by atoms with van der Waals surface area (Å²) < 4.78 is 15.7. The third kappa shape index (κ3) is 4.36. The molecule has 144 valence electrons. The Morgan fingerprint density at radius 1 is 1.00 bits per heavy atom. The Morgan fingerprint density at radius 3 is 2.48 bits per heavy atom. The van der Waals surface area contributed by atoms with Crippen LogP contribution in [-0.4, -0.2) is 26.6 Å². The van der Waals surface area contributed by atoms with Crippen LogP contribution < -0.4 is 10.6 Å². The highest BCUT2D eigenvalue weighted by Gasteiger charge is 2.13. The van der Waals surface area contributed by atoms with Gasteiger partial charge in [-0.05, 0) is 48.5 Å². The van der Waals surface area contributed by atoms with E-state index in [0.717, 1.165) is 29.2 Å². The minimum atomic E-state index is -0.633. The number of hydrogen-bond acceptors (Lipinski definition) is 5. The monoisotopic (exact) mass is 407 g/mol. The summed E-state index contributed by atoms with van der Waals surface area (Å²) in [6, 6.07) is 12.5. The largest absolute Gasteiger partial charge is 0.322 e. The second kappa shape index (κ2) is 8.03. The van der Waals surface area contributed by atoms with Crippen LogP contribution in [0.2, 0.25) is 0 Å². The molecule has 7 nitrogen and oxygen atoms in total. The maximum Gasteiger partial charge on any atom is 0.267 e. The number of carbonyl (C=O) groups is 2. The SMILES string of the molecule is O=C(Nc1ccc(-n2cccn2)cc1)c1cc(F)cc(NC(=O)c2cncs2)c1. The lowest BCUT2D eigenvalue weighted by atomic mass is 10.1. The van der Waals surface area contributed by atoms with Crippen LogP contribution in [0.5, 0.6) is 0 Å². The lowest BCUT2D eigenvalue weighted by Gasteiger charge is -2.09. The normalized spacial score (nSPS) is 10.5. The average Bonchev–Trinajstić information content (AvgIpc) is 3.42. The predicted octanol–water partition coefficient (Wildman–Crippen LogP) is 3.97. The number of benzene rings is 2. The molecule has 0 aliphatic carbocycles. The molecule has 2 amide bonds. The van der Waals surface area contributed by atoms with Gasteiger partial charge in [-0.15, -0.1) is 11.3 Å². The molecule has 0 aliphatic heterocycles. The van der Waals surface area contributed by atoms with Crippen LogP contribution >= 0.6 is 11.3 Å². The van der Waals surface area contributed by atoms with Crippen molar-refractivity contribution >= 4 is 34.5 Å². The predicted molar refractivity (Wildman–Crippen MR) is 108 cm³/mol. The molecule has 4 aromatic rings. The van der Waals surface area contributed by atoms with Gasteiger partial charge in [0.1, 0.15) is 10.7 Å². The maximum absolute atomic E-state index is 14.0. The van der Waals surface area contributed by atoms with Crippen LogP contribution in [0.25, 0.3) is 5.69 Å². The van der Waals surface area contributed by atoms with Gasteiger partial charge in [0.2, 0.25) is 0 Å². The lowest BCUT2D eigenvalue weighted by Crippen LogP contribution is -2.14. The molecular weight excluding hydrogens is 393 g/mol. The third-order valence-electron chi connectivity index (χ3n) is 3.97. The number of aromatic nitrogens is 3. The highest BCUT2D eigenvalue weighted by molar-refractivity contribution is 7.11. The molecule has 2 aromatic carbocycles. The number of hydrogen-bond donors (Lipinski definition) is 2. The van der Waals surface area contributed by atoms with Crippen LogP contribution in [-0.2, 0) is 0 Å². The van der Waals surface area contributed by atoms with E-state index in [4.69, 9.17) is 0 Å². The second-order valence-electron chi connectivity index (χ2n) is 6.00. The van der Waals surface area contributed by atoms with Crippen molar-refractivity contribution in [2.24, 2.45) is 0 Å². The Morgan fingerprint density at radius 2 is 1.79 bits per heavy atom. The Bertz CT molecular complexity index is 1140. The second-order valence-corrected chi connectivity index (χ2v) is 6.89. The van der Waals surface area contributed by atoms with Gasteiger partial charge >= 0.3 is 0 Å². The molecule has 4 rings (SSSR count). The first-order chi connectivity index (χ1) is 14.1. The zero-order chi connectivity index (χ0) is 20.2. The van der Waals surface area contributed by atoms with E-state index < -0.39 is 17.6 Å². The minimum Gasteiger partial charge on any atom is -0.322 e. The van der Waals surface area contributed by atoms with Gasteiger partial charge in [-0.25, -0.2) is 9.07 Å². The van der Waals surface area contributed by atoms with Gasteiger partial charge in [0.15, 0.2) is 0 Å². The smallest absolute Gasteiger partial charge is 0.267 e. The van der Waals surface area contributed by atoms with E-state index in [1.54, 1.807) is 35.1 Å². The average molecular weight is 407 g/mol. The molecule has 2 heterocycles. The zero-order valence-electron chi connectivity index (χ0n) is 14.9. The van der Waals surface area contributed by atoms with Gasteiger partial charge in [-0.1, -0.05) is 0 Å². The van der Waals surface area contributed by atoms with Crippen molar-refractivity contribution in [3.05, 3.63) is 88.9 Å². The lowest BCUT2D eigenvalue weighted by molar-refractivity contribution is 0.101. The summed E-state index contributed by atoms with van der Waals surface area (Å²) in [4.78, 5) is 28.9. The molecule has 2 N–H and O–H groups in total. The summed E-state index contributed by atoms with van der Waals surface area (Å²) in [5, 5.41) is 9.42. The van der Waals surface area contributed by atoms with E-state index in [1.165, 1.54) is 17.8 Å². The molecule has 29 heavy (non-hydrogen) atoms. The van der Waals surface area contributed by atoms with Gasteiger partial charge < -0.3 is 10.6 Å². The Balaban J connectivity index is 1.48. The first-order valence-electron chi connectivity index (χ1n) is 8.50. The van der Waals surface area contributed by atoms with Crippen molar-refractivity contribution in [3.63, 3.8) is 0 Å². The molecule has 0 atom stereocenters. The first kappa shape index (κ1) is 18.5. The highest BCUT2D eigenvalue weighted by atomic mass is 32.1. The van der Waals surface area contributed by atoms with Crippen LogP contribution in [0.4, 0.5) is 15.8 Å². The van der Waals surface area contributed by atoms with E-state index in [0.29, 0.717) is 10.6 Å². The number of nitrogens with zero attached hydrogens (tertiary/aromatic N) is 3. The van der Waals surface area contributed by atoms with E-state index >= 15 is 0 Å². The molecule has 0 unspecified atom stereocenters. The van der Waals surface area contributed by atoms with Crippen molar-refractivity contribution in [1.29, 1.82) is 0 Å². The quantitative estimate of drug-likeness (QED) is 0.524. The topological polar surface area (TPSA) is 88.9 Å². The standard InChI is InChI=1S/C20H14FN5O2S/c21-14-8-13(9-16(10-14)25-20(28)18-11-22-12-29-18)19(27)24-15-2-4-17(5-3-15)26-7-1-6-23-26/h1-12H,(H,24,27)(H,25,28). The Hall–Kier alpha value is -3.85. The molecule has 0 saturated carbocycles. The molecular formula is C20H14FN5O2S. The van der Waals surface area contributed by atoms with Crippen LogP contribution in [0.1, 0.15) is 20.0 Å². The van der Waals surface area contributed by atoms with Crippen molar-refractivity contribution in [2.75, 3.05) is 10.6 Å². The van der Waals surface area contributed by atoms with Crippen molar-refractivity contribution in [1.82, 2.24) is 14.8 Å². The minimum absolute atomic E-state index is 0.0840. The third-order valence-corrected chi connectivity index (χ3v) is 4.74. The zero-order valence-corrected chi connectivity index (χ0v) is 15.7. The molecule has 0 spiro atoms.